The van der Waals surface area contributed by atoms with Gasteiger partial charge in [-0.05, 0) is 83.6 Å². The topological polar surface area (TPSA) is 81.1 Å². The normalized spacial score (nSPS) is 16.8. The van der Waals surface area contributed by atoms with Gasteiger partial charge in [-0.25, -0.2) is 0 Å². The Kier molecular flexibility index (Phi) is 6.83. The molecule has 2 heterocycles. The third-order valence-corrected chi connectivity index (χ3v) is 9.68. The molecule has 4 aromatic rings. The van der Waals surface area contributed by atoms with Crippen molar-refractivity contribution >= 4 is 23.2 Å². The summed E-state index contributed by atoms with van der Waals surface area (Å²) in [5, 5.41) is 19.5. The molecule has 2 saturated heterocycles. The summed E-state index contributed by atoms with van der Waals surface area (Å²) in [5.74, 6) is 0.517. The quantitative estimate of drug-likeness (QED) is 0.251. The Hall–Kier alpha value is -4.58. The number of carbonyl (C=O) groups excluding carboxylic acids is 2. The first-order chi connectivity index (χ1) is 20.4. The number of amides is 2. The minimum absolute atomic E-state index is 0.0235. The van der Waals surface area contributed by atoms with E-state index in [1.165, 1.54) is 0 Å². The number of benzene rings is 4. The maximum absolute atomic E-state index is 13.5. The van der Waals surface area contributed by atoms with E-state index < -0.39 is 5.66 Å². The lowest BCUT2D eigenvalue weighted by atomic mass is 9.78. The smallest absolute Gasteiger partial charge is 0.229 e. The lowest BCUT2D eigenvalue weighted by Crippen LogP contribution is -2.56. The number of phenols is 2. The summed E-state index contributed by atoms with van der Waals surface area (Å²) in [7, 11) is 0. The van der Waals surface area contributed by atoms with Gasteiger partial charge in [0.15, 0.2) is 0 Å². The van der Waals surface area contributed by atoms with Gasteiger partial charge < -0.3 is 10.2 Å². The van der Waals surface area contributed by atoms with Crippen molar-refractivity contribution in [3.8, 4) is 11.5 Å². The number of carbonyl (C=O) groups is 2. The Labute approximate surface area is 253 Å². The zero-order valence-electron chi connectivity index (χ0n) is 25.2. The van der Waals surface area contributed by atoms with Crippen LogP contribution in [0, 0.1) is 0 Å². The Bertz CT molecular complexity index is 1530. The molecule has 2 aliphatic rings. The lowest BCUT2D eigenvalue weighted by molar-refractivity contribution is -0.117. The maximum Gasteiger partial charge on any atom is 0.229 e. The van der Waals surface area contributed by atoms with E-state index in [0.717, 1.165) is 33.6 Å². The van der Waals surface area contributed by atoms with Gasteiger partial charge >= 0.3 is 0 Å². The number of nitrogens with zero attached hydrogens (tertiary/aromatic N) is 2. The summed E-state index contributed by atoms with van der Waals surface area (Å²) in [6, 6.07) is 30.7. The predicted molar refractivity (Wildman–Crippen MR) is 170 cm³/mol. The van der Waals surface area contributed by atoms with Gasteiger partial charge in [-0.3, -0.25) is 19.4 Å². The number of aromatic hydroxyl groups is 2. The van der Waals surface area contributed by atoms with Gasteiger partial charge in [0, 0.05) is 35.0 Å². The van der Waals surface area contributed by atoms with Gasteiger partial charge in [0.05, 0.1) is 0 Å². The van der Waals surface area contributed by atoms with Crippen molar-refractivity contribution in [1.82, 2.24) is 0 Å². The molecule has 2 aliphatic heterocycles. The summed E-state index contributed by atoms with van der Waals surface area (Å²) in [4.78, 5) is 30.6. The van der Waals surface area contributed by atoms with E-state index in [1.54, 1.807) is 24.3 Å². The highest BCUT2D eigenvalue weighted by atomic mass is 16.3. The fourth-order valence-electron chi connectivity index (χ4n) is 6.89. The van der Waals surface area contributed by atoms with Crippen molar-refractivity contribution in [2.75, 3.05) is 9.80 Å². The van der Waals surface area contributed by atoms with Crippen molar-refractivity contribution in [3.63, 3.8) is 0 Å². The lowest BCUT2D eigenvalue weighted by Gasteiger charge is -2.42. The van der Waals surface area contributed by atoms with Crippen molar-refractivity contribution in [2.45, 2.75) is 69.9 Å². The summed E-state index contributed by atoms with van der Waals surface area (Å²) in [6.45, 7) is 8.56. The van der Waals surface area contributed by atoms with E-state index in [4.69, 9.17) is 0 Å². The summed E-state index contributed by atoms with van der Waals surface area (Å²) < 4.78 is 0. The van der Waals surface area contributed by atoms with Crippen LogP contribution in [0.25, 0.3) is 0 Å². The highest BCUT2D eigenvalue weighted by Gasteiger charge is 2.56. The SMILES string of the molecule is CC(C)(c1ccc(O)cc1)c1ccc(N2C(=O)CCC23CCC(=O)N3c2ccc(C(C)(C)c3ccc(O)cc3)cc2)cc1. The average molecular weight is 575 g/mol. The molecule has 0 bridgehead atoms. The van der Waals surface area contributed by atoms with E-state index in [2.05, 4.69) is 52.0 Å². The minimum Gasteiger partial charge on any atom is -0.508 e. The molecule has 0 radical (unpaired) electrons. The fourth-order valence-corrected chi connectivity index (χ4v) is 6.89. The van der Waals surface area contributed by atoms with Gasteiger partial charge in [-0.2, -0.15) is 0 Å². The highest BCUT2D eigenvalue weighted by Crippen LogP contribution is 2.48. The number of phenolic OH excluding ortho intramolecular Hbond substituents is 2. The van der Waals surface area contributed by atoms with Crippen LogP contribution in [0.1, 0.15) is 75.6 Å². The van der Waals surface area contributed by atoms with Crippen LogP contribution >= 0.6 is 0 Å². The number of hydrogen-bond acceptors (Lipinski definition) is 4. The maximum atomic E-state index is 13.5. The summed E-state index contributed by atoms with van der Waals surface area (Å²) in [6.07, 6.45) is 1.94. The standard InChI is InChI=1S/C37H38N2O4/c1-35(2,27-9-17-31(40)18-10-27)25-5-13-29(14-6-25)38-33(42)21-23-37(38)24-22-34(43)39(37)30-15-7-26(8-16-30)36(3,4)28-11-19-32(41)20-12-28/h5-20,40-41H,21-24H2,1-4H3. The molecule has 2 fully saturated rings. The second kappa shape index (κ2) is 10.3. The van der Waals surface area contributed by atoms with Crippen molar-refractivity contribution in [3.05, 3.63) is 119 Å². The molecule has 0 aromatic heterocycles. The van der Waals surface area contributed by atoms with E-state index in [0.29, 0.717) is 25.7 Å². The van der Waals surface area contributed by atoms with Gasteiger partial charge in [0.25, 0.3) is 0 Å². The molecule has 0 atom stereocenters. The Morgan fingerprint density at radius 2 is 0.791 bits per heavy atom. The molecule has 43 heavy (non-hydrogen) atoms. The van der Waals surface area contributed by atoms with Crippen LogP contribution in [0.4, 0.5) is 11.4 Å². The summed E-state index contributed by atoms with van der Waals surface area (Å²) in [5.41, 5.74) is 4.58. The largest absolute Gasteiger partial charge is 0.508 e. The molecule has 0 aliphatic carbocycles. The predicted octanol–water partition coefficient (Wildman–Crippen LogP) is 7.40. The molecule has 220 valence electrons. The molecule has 2 N–H and O–H groups in total. The molecule has 0 unspecified atom stereocenters. The van der Waals surface area contributed by atoms with Gasteiger partial charge in [-0.15, -0.1) is 0 Å². The third-order valence-electron chi connectivity index (χ3n) is 9.68. The van der Waals surface area contributed by atoms with Crippen LogP contribution in [0.5, 0.6) is 11.5 Å². The van der Waals surface area contributed by atoms with Crippen LogP contribution in [0.2, 0.25) is 0 Å². The molecule has 0 saturated carbocycles. The van der Waals surface area contributed by atoms with Crippen molar-refractivity contribution < 1.29 is 19.8 Å². The van der Waals surface area contributed by atoms with E-state index in [9.17, 15) is 19.8 Å². The Morgan fingerprint density at radius 3 is 1.09 bits per heavy atom. The number of hydrogen-bond donors (Lipinski definition) is 2. The first kappa shape index (κ1) is 28.5. The second-order valence-corrected chi connectivity index (χ2v) is 12.9. The van der Waals surface area contributed by atoms with E-state index in [-0.39, 0.29) is 34.1 Å². The highest BCUT2D eigenvalue weighted by molar-refractivity contribution is 6.05. The Morgan fingerprint density at radius 1 is 0.512 bits per heavy atom. The molecule has 2 amide bonds. The van der Waals surface area contributed by atoms with Crippen molar-refractivity contribution in [1.29, 1.82) is 0 Å². The molecular weight excluding hydrogens is 536 g/mol. The first-order valence-corrected chi connectivity index (χ1v) is 14.9. The minimum atomic E-state index is -0.740. The molecule has 6 heteroatoms. The van der Waals surface area contributed by atoms with Gasteiger partial charge in [0.2, 0.25) is 11.8 Å². The van der Waals surface area contributed by atoms with Gasteiger partial charge in [-0.1, -0.05) is 76.2 Å². The van der Waals surface area contributed by atoms with Crippen LogP contribution in [0.3, 0.4) is 0 Å². The molecule has 6 nitrogen and oxygen atoms in total. The van der Waals surface area contributed by atoms with Crippen LogP contribution in [-0.4, -0.2) is 27.7 Å². The first-order valence-electron chi connectivity index (χ1n) is 14.9. The number of anilines is 2. The van der Waals surface area contributed by atoms with Crippen LogP contribution in [-0.2, 0) is 20.4 Å². The van der Waals surface area contributed by atoms with Crippen LogP contribution in [0.15, 0.2) is 97.1 Å². The molecule has 6 rings (SSSR count). The molecule has 1 spiro atoms. The molecule has 4 aromatic carbocycles. The fraction of sp³-hybridized carbons (Fsp3) is 0.297. The Balaban J connectivity index is 1.31. The zero-order valence-corrected chi connectivity index (χ0v) is 25.2. The average Bonchev–Trinajstić information content (AvgIpc) is 3.51. The van der Waals surface area contributed by atoms with E-state index in [1.807, 2.05) is 58.3 Å². The zero-order chi connectivity index (χ0) is 30.6. The molecular formula is C37H38N2O4. The monoisotopic (exact) mass is 574 g/mol. The summed E-state index contributed by atoms with van der Waals surface area (Å²) >= 11 is 0. The van der Waals surface area contributed by atoms with Crippen LogP contribution < -0.4 is 9.80 Å². The third kappa shape index (κ3) is 4.75. The van der Waals surface area contributed by atoms with Crippen molar-refractivity contribution in [2.24, 2.45) is 0 Å². The second-order valence-electron chi connectivity index (χ2n) is 12.9. The van der Waals surface area contributed by atoms with Gasteiger partial charge in [0.1, 0.15) is 17.2 Å². The number of rotatable bonds is 6. The van der Waals surface area contributed by atoms with E-state index >= 15 is 0 Å².